The van der Waals surface area contributed by atoms with Gasteiger partial charge in [0.15, 0.2) is 0 Å². The van der Waals surface area contributed by atoms with Crippen LogP contribution in [0.5, 0.6) is 0 Å². The van der Waals surface area contributed by atoms with Crippen LogP contribution in [0.1, 0.15) is 48.3 Å². The van der Waals surface area contributed by atoms with Crippen molar-refractivity contribution in [2.75, 3.05) is 18.4 Å². The largest absolute Gasteiger partial charge is 0.339 e. The van der Waals surface area contributed by atoms with Crippen LogP contribution in [0.15, 0.2) is 30.6 Å². The van der Waals surface area contributed by atoms with E-state index in [1.165, 1.54) is 11.1 Å². The number of rotatable bonds is 7. The molecule has 24 heavy (non-hydrogen) atoms. The fraction of sp³-hybridized carbons (Fsp3) is 0.421. The highest BCUT2D eigenvalue weighted by Crippen LogP contribution is 2.18. The van der Waals surface area contributed by atoms with E-state index in [-0.39, 0.29) is 5.91 Å². The number of aromatic nitrogens is 2. The number of anilines is 2. The Bertz CT molecular complexity index is 656. The zero-order valence-corrected chi connectivity index (χ0v) is 15.0. The van der Waals surface area contributed by atoms with Gasteiger partial charge in [0.05, 0.1) is 12.4 Å². The Kier molecular flexibility index (Phi) is 6.29. The molecule has 0 saturated carbocycles. The molecule has 0 unspecified atom stereocenters. The molecular weight excluding hydrogens is 300 g/mol. The third-order valence-corrected chi connectivity index (χ3v) is 3.64. The van der Waals surface area contributed by atoms with E-state index in [1.54, 1.807) is 12.4 Å². The molecule has 1 aromatic heterocycles. The van der Waals surface area contributed by atoms with Crippen LogP contribution in [0.25, 0.3) is 0 Å². The van der Waals surface area contributed by atoms with E-state index >= 15 is 0 Å². The lowest BCUT2D eigenvalue weighted by molar-refractivity contribution is 0.0749. The highest BCUT2D eigenvalue weighted by molar-refractivity contribution is 5.92. The van der Waals surface area contributed by atoms with Gasteiger partial charge < -0.3 is 10.2 Å². The van der Waals surface area contributed by atoms with Crippen LogP contribution in [0, 0.1) is 13.8 Å². The lowest BCUT2D eigenvalue weighted by Gasteiger charge is -2.20. The molecule has 1 aromatic carbocycles. The third kappa shape index (κ3) is 4.78. The SMILES string of the molecule is CCCN(CCC)C(=O)c1cnc(Nc2cc(C)cc(C)c2)cn1. The summed E-state index contributed by atoms with van der Waals surface area (Å²) in [4.78, 5) is 22.9. The predicted octanol–water partition coefficient (Wildman–Crippen LogP) is 4.10. The summed E-state index contributed by atoms with van der Waals surface area (Å²) in [6.45, 7) is 9.74. The second kappa shape index (κ2) is 8.43. The van der Waals surface area contributed by atoms with Crippen molar-refractivity contribution in [2.24, 2.45) is 0 Å². The average molecular weight is 326 g/mol. The lowest BCUT2D eigenvalue weighted by Crippen LogP contribution is -2.33. The van der Waals surface area contributed by atoms with Gasteiger partial charge in [-0.25, -0.2) is 9.97 Å². The van der Waals surface area contributed by atoms with Gasteiger partial charge in [-0.05, 0) is 49.9 Å². The Balaban J connectivity index is 2.10. The monoisotopic (exact) mass is 326 g/mol. The maximum Gasteiger partial charge on any atom is 0.274 e. The number of aryl methyl sites for hydroxylation is 2. The summed E-state index contributed by atoms with van der Waals surface area (Å²) in [6.07, 6.45) is 5.03. The van der Waals surface area contributed by atoms with Gasteiger partial charge in [0.25, 0.3) is 5.91 Å². The number of nitrogens with one attached hydrogen (secondary N) is 1. The number of carbonyl (C=O) groups excluding carboxylic acids is 1. The minimum Gasteiger partial charge on any atom is -0.339 e. The molecule has 128 valence electrons. The molecule has 0 fully saturated rings. The van der Waals surface area contributed by atoms with E-state index in [2.05, 4.69) is 61.2 Å². The first kappa shape index (κ1) is 17.9. The Hall–Kier alpha value is -2.43. The maximum atomic E-state index is 12.5. The number of amides is 1. The summed E-state index contributed by atoms with van der Waals surface area (Å²) < 4.78 is 0. The molecule has 5 heteroatoms. The highest BCUT2D eigenvalue weighted by Gasteiger charge is 2.16. The van der Waals surface area contributed by atoms with Gasteiger partial charge in [0.2, 0.25) is 0 Å². The lowest BCUT2D eigenvalue weighted by atomic mass is 10.1. The molecule has 0 bridgehead atoms. The van der Waals surface area contributed by atoms with Crippen LogP contribution in [0.2, 0.25) is 0 Å². The number of hydrogen-bond acceptors (Lipinski definition) is 4. The normalized spacial score (nSPS) is 10.5. The summed E-state index contributed by atoms with van der Waals surface area (Å²) in [5, 5.41) is 3.23. The van der Waals surface area contributed by atoms with Crippen LogP contribution in [-0.4, -0.2) is 33.9 Å². The molecule has 0 aliphatic carbocycles. The smallest absolute Gasteiger partial charge is 0.274 e. The van der Waals surface area contributed by atoms with Crippen molar-refractivity contribution in [1.29, 1.82) is 0 Å². The highest BCUT2D eigenvalue weighted by atomic mass is 16.2. The van der Waals surface area contributed by atoms with E-state index in [0.717, 1.165) is 31.6 Å². The summed E-state index contributed by atoms with van der Waals surface area (Å²) in [5.74, 6) is 0.582. The molecule has 1 amide bonds. The number of carbonyl (C=O) groups is 1. The van der Waals surface area contributed by atoms with Gasteiger partial charge in [0, 0.05) is 18.8 Å². The second-order valence-electron chi connectivity index (χ2n) is 6.08. The van der Waals surface area contributed by atoms with Crippen molar-refractivity contribution < 1.29 is 4.79 Å². The van der Waals surface area contributed by atoms with Gasteiger partial charge in [-0.3, -0.25) is 4.79 Å². The summed E-state index contributed by atoms with van der Waals surface area (Å²) in [5.41, 5.74) is 3.74. The Morgan fingerprint density at radius 2 is 1.62 bits per heavy atom. The predicted molar refractivity (Wildman–Crippen MR) is 97.7 cm³/mol. The topological polar surface area (TPSA) is 58.1 Å². The van der Waals surface area contributed by atoms with Crippen LogP contribution >= 0.6 is 0 Å². The Morgan fingerprint density at radius 3 is 2.12 bits per heavy atom. The molecule has 0 radical (unpaired) electrons. The average Bonchev–Trinajstić information content (AvgIpc) is 2.54. The number of hydrogen-bond donors (Lipinski definition) is 1. The molecular formula is C19H26N4O. The van der Waals surface area contributed by atoms with Crippen molar-refractivity contribution in [3.8, 4) is 0 Å². The molecule has 0 aliphatic heterocycles. The third-order valence-electron chi connectivity index (χ3n) is 3.64. The first-order valence-electron chi connectivity index (χ1n) is 8.50. The molecule has 1 N–H and O–H groups in total. The molecule has 0 spiro atoms. The van der Waals surface area contributed by atoms with Crippen molar-refractivity contribution in [2.45, 2.75) is 40.5 Å². The number of nitrogens with zero attached hydrogens (tertiary/aromatic N) is 3. The molecule has 0 aliphatic rings. The summed E-state index contributed by atoms with van der Waals surface area (Å²) >= 11 is 0. The van der Waals surface area contributed by atoms with Gasteiger partial charge in [0.1, 0.15) is 11.5 Å². The van der Waals surface area contributed by atoms with Crippen LogP contribution in [0.4, 0.5) is 11.5 Å². The maximum absolute atomic E-state index is 12.5. The summed E-state index contributed by atoms with van der Waals surface area (Å²) in [6, 6.07) is 6.23. The van der Waals surface area contributed by atoms with Gasteiger partial charge in [-0.1, -0.05) is 19.9 Å². The minimum absolute atomic E-state index is 0.0517. The zero-order valence-electron chi connectivity index (χ0n) is 15.0. The first-order valence-corrected chi connectivity index (χ1v) is 8.50. The fourth-order valence-electron chi connectivity index (χ4n) is 2.71. The second-order valence-corrected chi connectivity index (χ2v) is 6.08. The van der Waals surface area contributed by atoms with Crippen molar-refractivity contribution in [3.05, 3.63) is 47.4 Å². The van der Waals surface area contributed by atoms with Crippen LogP contribution in [0.3, 0.4) is 0 Å². The van der Waals surface area contributed by atoms with E-state index < -0.39 is 0 Å². The van der Waals surface area contributed by atoms with E-state index in [1.807, 2.05) is 4.90 Å². The van der Waals surface area contributed by atoms with Crippen LogP contribution < -0.4 is 5.32 Å². The van der Waals surface area contributed by atoms with Gasteiger partial charge >= 0.3 is 0 Å². The van der Waals surface area contributed by atoms with Crippen molar-refractivity contribution >= 4 is 17.4 Å². The molecule has 1 heterocycles. The van der Waals surface area contributed by atoms with E-state index in [0.29, 0.717) is 11.5 Å². The first-order chi connectivity index (χ1) is 11.5. The molecule has 2 rings (SSSR count). The Labute approximate surface area is 144 Å². The van der Waals surface area contributed by atoms with Gasteiger partial charge in [-0.2, -0.15) is 0 Å². The molecule has 0 atom stereocenters. The van der Waals surface area contributed by atoms with E-state index in [4.69, 9.17) is 0 Å². The van der Waals surface area contributed by atoms with Crippen molar-refractivity contribution in [3.63, 3.8) is 0 Å². The Morgan fingerprint density at radius 1 is 1.00 bits per heavy atom. The molecule has 0 saturated heterocycles. The molecule has 2 aromatic rings. The fourth-order valence-corrected chi connectivity index (χ4v) is 2.71. The van der Waals surface area contributed by atoms with Crippen molar-refractivity contribution in [1.82, 2.24) is 14.9 Å². The quantitative estimate of drug-likeness (QED) is 0.832. The standard InChI is InChI=1S/C19H26N4O/c1-5-7-23(8-6-2)19(24)17-12-21-18(13-20-17)22-16-10-14(3)9-15(4)11-16/h9-13H,5-8H2,1-4H3,(H,21,22). The van der Waals surface area contributed by atoms with Gasteiger partial charge in [-0.15, -0.1) is 0 Å². The zero-order chi connectivity index (χ0) is 17.5. The van der Waals surface area contributed by atoms with E-state index in [9.17, 15) is 4.79 Å². The molecule has 5 nitrogen and oxygen atoms in total. The van der Waals surface area contributed by atoms with Crippen LogP contribution in [-0.2, 0) is 0 Å². The number of benzene rings is 1. The minimum atomic E-state index is -0.0517. The summed E-state index contributed by atoms with van der Waals surface area (Å²) in [7, 11) is 0.